The summed E-state index contributed by atoms with van der Waals surface area (Å²) in [5, 5.41) is 0.486. The van der Waals surface area contributed by atoms with Crippen LogP contribution in [-0.2, 0) is 10.0 Å². The molecule has 2 rings (SSSR count). The van der Waals surface area contributed by atoms with Gasteiger partial charge in [-0.05, 0) is 42.5 Å². The molecule has 0 saturated heterocycles. The Morgan fingerprint density at radius 1 is 1.26 bits per heavy atom. The Morgan fingerprint density at radius 3 is 2.43 bits per heavy atom. The van der Waals surface area contributed by atoms with Crippen molar-refractivity contribution in [1.82, 2.24) is 0 Å². The van der Waals surface area contributed by atoms with Crippen LogP contribution in [0.5, 0.6) is 5.75 Å². The summed E-state index contributed by atoms with van der Waals surface area (Å²) in [7, 11) is -2.64. The van der Waals surface area contributed by atoms with E-state index >= 15 is 0 Å². The Labute approximate surface area is 139 Å². The molecule has 0 spiro atoms. The first-order valence-electron chi connectivity index (χ1n) is 6.63. The Bertz CT molecular complexity index is 807. The van der Waals surface area contributed by atoms with Crippen LogP contribution in [0.4, 0.5) is 10.1 Å². The van der Waals surface area contributed by atoms with E-state index in [1.54, 1.807) is 24.3 Å². The number of halogens is 2. The summed E-state index contributed by atoms with van der Waals surface area (Å²) >= 11 is 5.83. The van der Waals surface area contributed by atoms with Gasteiger partial charge in [0.25, 0.3) is 10.0 Å². The molecule has 0 aliphatic carbocycles. The summed E-state index contributed by atoms with van der Waals surface area (Å²) in [6, 6.07) is 9.81. The minimum absolute atomic E-state index is 0.0225. The van der Waals surface area contributed by atoms with Crippen molar-refractivity contribution in [2.45, 2.75) is 4.90 Å². The summed E-state index contributed by atoms with van der Waals surface area (Å²) < 4.78 is 45.4. The highest BCUT2D eigenvalue weighted by atomic mass is 35.5. The molecule has 0 bridgehead atoms. The number of sulfonamides is 1. The predicted molar refractivity (Wildman–Crippen MR) is 89.1 cm³/mol. The van der Waals surface area contributed by atoms with E-state index in [0.717, 1.165) is 10.4 Å². The highest BCUT2D eigenvalue weighted by Crippen LogP contribution is 2.27. The second-order valence-electron chi connectivity index (χ2n) is 4.60. The largest absolute Gasteiger partial charge is 0.494 e. The molecule has 0 amide bonds. The highest BCUT2D eigenvalue weighted by Gasteiger charge is 2.25. The standard InChI is InChI=1S/C16H15ClFNO3S/c1-3-10-19(13-6-4-12(17)5-7-13)23(20,21)14-8-9-16(22-2)15(18)11-14/h3-9,11H,1,10H2,2H3. The van der Waals surface area contributed by atoms with Gasteiger partial charge in [0.15, 0.2) is 11.6 Å². The zero-order valence-corrected chi connectivity index (χ0v) is 13.9. The van der Waals surface area contributed by atoms with Crippen LogP contribution in [0.15, 0.2) is 60.0 Å². The molecule has 23 heavy (non-hydrogen) atoms. The number of ether oxygens (including phenoxy) is 1. The fourth-order valence-corrected chi connectivity index (χ4v) is 3.58. The maximum Gasteiger partial charge on any atom is 0.264 e. The van der Waals surface area contributed by atoms with Gasteiger partial charge in [-0.25, -0.2) is 12.8 Å². The number of rotatable bonds is 6. The molecule has 0 N–H and O–H groups in total. The van der Waals surface area contributed by atoms with Crippen LogP contribution in [-0.4, -0.2) is 22.1 Å². The van der Waals surface area contributed by atoms with Crippen molar-refractivity contribution >= 4 is 27.3 Å². The van der Waals surface area contributed by atoms with Crippen molar-refractivity contribution in [3.8, 4) is 5.75 Å². The van der Waals surface area contributed by atoms with Crippen molar-refractivity contribution in [2.75, 3.05) is 18.0 Å². The third-order valence-electron chi connectivity index (χ3n) is 3.12. The maximum atomic E-state index is 13.8. The van der Waals surface area contributed by atoms with Crippen molar-refractivity contribution in [1.29, 1.82) is 0 Å². The van der Waals surface area contributed by atoms with Gasteiger partial charge in [0.05, 0.1) is 24.2 Å². The van der Waals surface area contributed by atoms with Crippen LogP contribution in [0.2, 0.25) is 5.02 Å². The topological polar surface area (TPSA) is 46.6 Å². The first-order chi connectivity index (χ1) is 10.9. The highest BCUT2D eigenvalue weighted by molar-refractivity contribution is 7.92. The number of nitrogens with zero attached hydrogens (tertiary/aromatic N) is 1. The Balaban J connectivity index is 2.50. The van der Waals surface area contributed by atoms with Gasteiger partial charge < -0.3 is 4.74 Å². The average Bonchev–Trinajstić information content (AvgIpc) is 2.53. The van der Waals surface area contributed by atoms with E-state index in [-0.39, 0.29) is 17.2 Å². The number of hydrogen-bond acceptors (Lipinski definition) is 3. The second kappa shape index (κ2) is 7.02. The summed E-state index contributed by atoms with van der Waals surface area (Å²) in [5.41, 5.74) is 0.408. The lowest BCUT2D eigenvalue weighted by Gasteiger charge is -2.23. The number of methoxy groups -OCH3 is 1. The van der Waals surface area contributed by atoms with Gasteiger partial charge in [-0.2, -0.15) is 0 Å². The van der Waals surface area contributed by atoms with E-state index in [0.29, 0.717) is 10.7 Å². The molecule has 0 aliphatic rings. The molecule has 0 radical (unpaired) electrons. The average molecular weight is 356 g/mol. The molecule has 122 valence electrons. The minimum Gasteiger partial charge on any atom is -0.494 e. The fourth-order valence-electron chi connectivity index (χ4n) is 2.00. The Hall–Kier alpha value is -2.05. The molecule has 0 unspecified atom stereocenters. The molecule has 2 aromatic rings. The number of anilines is 1. The maximum absolute atomic E-state index is 13.8. The molecule has 0 aromatic heterocycles. The third kappa shape index (κ3) is 3.65. The molecule has 0 atom stereocenters. The van der Waals surface area contributed by atoms with E-state index < -0.39 is 15.8 Å². The van der Waals surface area contributed by atoms with Gasteiger partial charge in [0.1, 0.15) is 0 Å². The fraction of sp³-hybridized carbons (Fsp3) is 0.125. The van der Waals surface area contributed by atoms with Gasteiger partial charge >= 0.3 is 0 Å². The number of hydrogen-bond donors (Lipinski definition) is 0. The van der Waals surface area contributed by atoms with Crippen LogP contribution < -0.4 is 9.04 Å². The van der Waals surface area contributed by atoms with Crippen LogP contribution in [0, 0.1) is 5.82 Å². The summed E-state index contributed by atoms with van der Waals surface area (Å²) in [6.07, 6.45) is 1.45. The van der Waals surface area contributed by atoms with Gasteiger partial charge in [-0.15, -0.1) is 6.58 Å². The Kier molecular flexibility index (Phi) is 5.28. The summed E-state index contributed by atoms with van der Waals surface area (Å²) in [6.45, 7) is 3.61. The summed E-state index contributed by atoms with van der Waals surface area (Å²) in [4.78, 5) is -0.174. The first-order valence-corrected chi connectivity index (χ1v) is 8.44. The van der Waals surface area contributed by atoms with Crippen molar-refractivity contribution in [3.63, 3.8) is 0 Å². The quantitative estimate of drug-likeness (QED) is 0.739. The molecule has 2 aromatic carbocycles. The zero-order valence-electron chi connectivity index (χ0n) is 12.4. The first kappa shape index (κ1) is 17.3. The molecule has 4 nitrogen and oxygen atoms in total. The molecule has 0 heterocycles. The normalized spacial score (nSPS) is 11.1. The number of benzene rings is 2. The second-order valence-corrected chi connectivity index (χ2v) is 6.90. The van der Waals surface area contributed by atoms with Crippen molar-refractivity contribution < 1.29 is 17.5 Å². The van der Waals surface area contributed by atoms with Crippen LogP contribution >= 0.6 is 11.6 Å². The zero-order chi connectivity index (χ0) is 17.0. The van der Waals surface area contributed by atoms with E-state index in [9.17, 15) is 12.8 Å². The van der Waals surface area contributed by atoms with Gasteiger partial charge in [0, 0.05) is 5.02 Å². The molecule has 0 aliphatic heterocycles. The van der Waals surface area contributed by atoms with Crippen LogP contribution in [0.1, 0.15) is 0 Å². The lowest BCUT2D eigenvalue weighted by atomic mass is 10.3. The SMILES string of the molecule is C=CCN(c1ccc(Cl)cc1)S(=O)(=O)c1ccc(OC)c(F)c1. The van der Waals surface area contributed by atoms with E-state index in [1.807, 2.05) is 0 Å². The molecular weight excluding hydrogens is 341 g/mol. The Morgan fingerprint density at radius 2 is 1.91 bits per heavy atom. The molecule has 0 saturated carbocycles. The van der Waals surface area contributed by atoms with Crippen molar-refractivity contribution in [2.24, 2.45) is 0 Å². The van der Waals surface area contributed by atoms with E-state index in [2.05, 4.69) is 6.58 Å². The van der Waals surface area contributed by atoms with Gasteiger partial charge in [-0.3, -0.25) is 4.31 Å². The molecular formula is C16H15ClFNO3S. The summed E-state index contributed by atoms with van der Waals surface area (Å²) in [5.74, 6) is -0.769. The lowest BCUT2D eigenvalue weighted by Crippen LogP contribution is -2.31. The van der Waals surface area contributed by atoms with E-state index in [1.165, 1.54) is 25.3 Å². The van der Waals surface area contributed by atoms with E-state index in [4.69, 9.17) is 16.3 Å². The van der Waals surface area contributed by atoms with Crippen molar-refractivity contribution in [3.05, 3.63) is 66.0 Å². The third-order valence-corrected chi connectivity index (χ3v) is 5.16. The smallest absolute Gasteiger partial charge is 0.264 e. The predicted octanol–water partition coefficient (Wildman–Crippen LogP) is 3.87. The monoisotopic (exact) mass is 355 g/mol. The van der Waals surface area contributed by atoms with Crippen LogP contribution in [0.25, 0.3) is 0 Å². The molecule has 0 fully saturated rings. The lowest BCUT2D eigenvalue weighted by molar-refractivity contribution is 0.385. The van der Waals surface area contributed by atoms with Gasteiger partial charge in [0.2, 0.25) is 0 Å². The minimum atomic E-state index is -3.95. The van der Waals surface area contributed by atoms with Crippen LogP contribution in [0.3, 0.4) is 0 Å². The molecule has 7 heteroatoms. The van der Waals surface area contributed by atoms with Gasteiger partial charge in [-0.1, -0.05) is 17.7 Å².